The van der Waals surface area contributed by atoms with Gasteiger partial charge in [-0.1, -0.05) is 32.0 Å². The van der Waals surface area contributed by atoms with Crippen LogP contribution in [0.25, 0.3) is 0 Å². The maximum Gasteiger partial charge on any atom is 0.128 e. The molecule has 3 nitrogen and oxygen atoms in total. The molecular formula is C16H18N2OS. The molecule has 0 N–H and O–H groups in total. The smallest absolute Gasteiger partial charge is 0.128 e. The summed E-state index contributed by atoms with van der Waals surface area (Å²) in [6, 6.07) is 10.2. The second-order valence-electron chi connectivity index (χ2n) is 4.95. The highest BCUT2D eigenvalue weighted by molar-refractivity contribution is 7.12. The maximum atomic E-state index is 9.11. The highest BCUT2D eigenvalue weighted by Crippen LogP contribution is 2.25. The topological polar surface area (TPSA) is 45.9 Å². The monoisotopic (exact) mass is 286 g/mol. The molecule has 2 aromatic rings. The van der Waals surface area contributed by atoms with Gasteiger partial charge in [0.2, 0.25) is 0 Å². The quantitative estimate of drug-likeness (QED) is 0.832. The lowest BCUT2D eigenvalue weighted by Crippen LogP contribution is -2.02. The van der Waals surface area contributed by atoms with E-state index in [1.165, 1.54) is 11.3 Å². The Morgan fingerprint density at radius 1 is 1.35 bits per heavy atom. The van der Waals surface area contributed by atoms with Gasteiger partial charge in [-0.25, -0.2) is 4.98 Å². The van der Waals surface area contributed by atoms with E-state index in [-0.39, 0.29) is 5.92 Å². The zero-order valence-corrected chi connectivity index (χ0v) is 12.8. The van der Waals surface area contributed by atoms with Crippen LogP contribution in [0.15, 0.2) is 24.3 Å². The minimum absolute atomic E-state index is 0.284. The van der Waals surface area contributed by atoms with E-state index in [1.54, 1.807) is 0 Å². The Morgan fingerprint density at radius 3 is 2.70 bits per heavy atom. The van der Waals surface area contributed by atoms with Crippen molar-refractivity contribution in [3.8, 4) is 11.8 Å². The van der Waals surface area contributed by atoms with Gasteiger partial charge in [-0.05, 0) is 24.5 Å². The molecule has 0 spiro atoms. The van der Waals surface area contributed by atoms with Gasteiger partial charge in [-0.15, -0.1) is 11.3 Å². The minimum Gasteiger partial charge on any atom is -0.493 e. The van der Waals surface area contributed by atoms with E-state index >= 15 is 0 Å². The molecule has 0 fully saturated rings. The Hall–Kier alpha value is -1.86. The zero-order chi connectivity index (χ0) is 14.5. The van der Waals surface area contributed by atoms with E-state index in [0.717, 1.165) is 33.3 Å². The Kier molecular flexibility index (Phi) is 4.75. The van der Waals surface area contributed by atoms with Crippen LogP contribution in [-0.4, -0.2) is 11.6 Å². The van der Waals surface area contributed by atoms with Gasteiger partial charge >= 0.3 is 0 Å². The molecule has 104 valence electrons. The summed E-state index contributed by atoms with van der Waals surface area (Å²) in [4.78, 5) is 5.28. The second kappa shape index (κ2) is 6.53. The molecule has 0 saturated carbocycles. The summed E-state index contributed by atoms with van der Waals surface area (Å²) >= 11 is 1.47. The first-order valence-corrected chi connectivity index (χ1v) is 7.51. The largest absolute Gasteiger partial charge is 0.493 e. The second-order valence-corrected chi connectivity index (χ2v) is 6.04. The van der Waals surface area contributed by atoms with Gasteiger partial charge < -0.3 is 4.74 Å². The summed E-state index contributed by atoms with van der Waals surface area (Å²) in [7, 11) is 0. The van der Waals surface area contributed by atoms with Crippen LogP contribution in [0.2, 0.25) is 0 Å². The molecule has 0 unspecified atom stereocenters. The number of benzene rings is 1. The van der Waals surface area contributed by atoms with Crippen LogP contribution < -0.4 is 4.74 Å². The van der Waals surface area contributed by atoms with Crippen molar-refractivity contribution in [3.05, 3.63) is 45.4 Å². The molecule has 0 aliphatic carbocycles. The summed E-state index contributed by atoms with van der Waals surface area (Å²) in [5.41, 5.74) is 2.04. The van der Waals surface area contributed by atoms with Gasteiger partial charge in [0.05, 0.1) is 17.3 Å². The van der Waals surface area contributed by atoms with E-state index in [1.807, 2.05) is 31.2 Å². The molecule has 1 aromatic heterocycles. The Balaban J connectivity index is 1.98. The van der Waals surface area contributed by atoms with Crippen molar-refractivity contribution < 1.29 is 4.74 Å². The fourth-order valence-corrected chi connectivity index (χ4v) is 2.92. The van der Waals surface area contributed by atoms with E-state index in [0.29, 0.717) is 6.61 Å². The van der Waals surface area contributed by atoms with E-state index < -0.39 is 0 Å². The number of ether oxygens (including phenoxy) is 1. The molecular weight excluding hydrogens is 268 g/mol. The average Bonchev–Trinajstić information content (AvgIpc) is 2.84. The zero-order valence-electron chi connectivity index (χ0n) is 12.0. The summed E-state index contributed by atoms with van der Waals surface area (Å²) in [5, 5.41) is 10.1. The minimum atomic E-state index is 0.284. The first-order valence-electron chi connectivity index (χ1n) is 6.70. The van der Waals surface area contributed by atoms with Gasteiger partial charge in [0.25, 0.3) is 0 Å². The van der Waals surface area contributed by atoms with Gasteiger partial charge in [-0.2, -0.15) is 5.26 Å². The molecule has 0 saturated heterocycles. The molecule has 20 heavy (non-hydrogen) atoms. The van der Waals surface area contributed by atoms with Crippen LogP contribution in [0.4, 0.5) is 0 Å². The number of aromatic nitrogens is 1. The van der Waals surface area contributed by atoms with Crippen LogP contribution in [-0.2, 0) is 6.42 Å². The number of para-hydroxylation sites is 1. The van der Waals surface area contributed by atoms with Crippen LogP contribution in [0.1, 0.15) is 40.9 Å². The van der Waals surface area contributed by atoms with Gasteiger partial charge in [0, 0.05) is 6.42 Å². The first kappa shape index (κ1) is 14.5. The third-order valence-corrected chi connectivity index (χ3v) is 4.05. The van der Waals surface area contributed by atoms with Gasteiger partial charge in [0.1, 0.15) is 16.7 Å². The predicted molar refractivity (Wildman–Crippen MR) is 81.3 cm³/mol. The molecule has 1 aromatic carbocycles. The lowest BCUT2D eigenvalue weighted by atomic mass is 10.1. The SMILES string of the molecule is Cc1ccccc1OCCc1nc(C(C)C)c(C#N)s1. The molecule has 0 radical (unpaired) electrons. The molecule has 4 heteroatoms. The summed E-state index contributed by atoms with van der Waals surface area (Å²) in [6.45, 7) is 6.73. The van der Waals surface area contributed by atoms with E-state index in [4.69, 9.17) is 10.00 Å². The number of rotatable bonds is 5. The fraction of sp³-hybridized carbons (Fsp3) is 0.375. The Labute approximate surface area is 123 Å². The maximum absolute atomic E-state index is 9.11. The number of nitriles is 1. The Morgan fingerprint density at radius 2 is 2.10 bits per heavy atom. The average molecular weight is 286 g/mol. The lowest BCUT2D eigenvalue weighted by Gasteiger charge is -2.07. The molecule has 0 atom stereocenters. The molecule has 0 aliphatic rings. The summed E-state index contributed by atoms with van der Waals surface area (Å²) < 4.78 is 5.77. The van der Waals surface area contributed by atoms with Gasteiger partial charge in [-0.3, -0.25) is 0 Å². The van der Waals surface area contributed by atoms with E-state index in [9.17, 15) is 0 Å². The third kappa shape index (κ3) is 3.37. The molecule has 0 aliphatic heterocycles. The lowest BCUT2D eigenvalue weighted by molar-refractivity contribution is 0.319. The van der Waals surface area contributed by atoms with Crippen LogP contribution in [0.5, 0.6) is 5.75 Å². The standard InChI is InChI=1S/C16H18N2OS/c1-11(2)16-14(10-17)20-15(18-16)8-9-19-13-7-5-4-6-12(13)3/h4-7,11H,8-9H2,1-3H3. The van der Waals surface area contributed by atoms with Crippen molar-refractivity contribution >= 4 is 11.3 Å². The highest BCUT2D eigenvalue weighted by atomic mass is 32.1. The Bertz CT molecular complexity index is 626. The molecule has 0 bridgehead atoms. The number of hydrogen-bond acceptors (Lipinski definition) is 4. The molecule has 2 rings (SSSR count). The molecule has 0 amide bonds. The van der Waals surface area contributed by atoms with E-state index in [2.05, 4.69) is 24.9 Å². The highest BCUT2D eigenvalue weighted by Gasteiger charge is 2.13. The number of thiazole rings is 1. The van der Waals surface area contributed by atoms with Gasteiger partial charge in [0.15, 0.2) is 0 Å². The summed E-state index contributed by atoms with van der Waals surface area (Å²) in [6.07, 6.45) is 0.737. The van der Waals surface area contributed by atoms with Crippen molar-refractivity contribution in [3.63, 3.8) is 0 Å². The number of hydrogen-bond donors (Lipinski definition) is 0. The van der Waals surface area contributed by atoms with Crippen molar-refractivity contribution in [2.45, 2.75) is 33.1 Å². The van der Waals surface area contributed by atoms with Crippen molar-refractivity contribution in [1.82, 2.24) is 4.98 Å². The van der Waals surface area contributed by atoms with Crippen LogP contribution in [0, 0.1) is 18.3 Å². The van der Waals surface area contributed by atoms with Crippen LogP contribution >= 0.6 is 11.3 Å². The third-order valence-electron chi connectivity index (χ3n) is 3.01. The molecule has 1 heterocycles. The summed E-state index contributed by atoms with van der Waals surface area (Å²) in [5.74, 6) is 1.19. The van der Waals surface area contributed by atoms with Crippen LogP contribution in [0.3, 0.4) is 0 Å². The fourth-order valence-electron chi connectivity index (χ4n) is 1.92. The van der Waals surface area contributed by atoms with Crippen molar-refractivity contribution in [1.29, 1.82) is 5.26 Å². The first-order chi connectivity index (χ1) is 9.61. The normalized spacial score (nSPS) is 10.6. The predicted octanol–water partition coefficient (Wildman–Crippen LogP) is 4.07. The van der Waals surface area contributed by atoms with Crippen molar-refractivity contribution in [2.24, 2.45) is 0 Å². The van der Waals surface area contributed by atoms with Crippen molar-refractivity contribution in [2.75, 3.05) is 6.61 Å². The number of nitrogens with zero attached hydrogens (tertiary/aromatic N) is 2. The number of aryl methyl sites for hydroxylation is 1.